The molecule has 0 saturated carbocycles. The molecule has 2 aromatic heterocycles. The summed E-state index contributed by atoms with van der Waals surface area (Å²) < 4.78 is 0. The second kappa shape index (κ2) is 8.14. The van der Waals surface area contributed by atoms with Crippen LogP contribution in [0.5, 0.6) is 0 Å². The predicted molar refractivity (Wildman–Crippen MR) is 128 cm³/mol. The lowest BCUT2D eigenvalue weighted by molar-refractivity contribution is 1.30. The zero-order valence-electron chi connectivity index (χ0n) is 16.4. The van der Waals surface area contributed by atoms with Gasteiger partial charge in [0.1, 0.15) is 0 Å². The molecular weight excluding hydrogens is 364 g/mol. The molecule has 0 radical (unpaired) electrons. The molecule has 0 bridgehead atoms. The molecule has 0 amide bonds. The monoisotopic (exact) mass is 384 g/mol. The van der Waals surface area contributed by atoms with Gasteiger partial charge >= 0.3 is 0 Å². The van der Waals surface area contributed by atoms with Gasteiger partial charge in [-0.2, -0.15) is 0 Å². The number of fused-ring (bicyclic) bond motifs is 2. The van der Waals surface area contributed by atoms with Gasteiger partial charge in [0.15, 0.2) is 0 Å². The summed E-state index contributed by atoms with van der Waals surface area (Å²) in [7, 11) is 0. The standard InChI is InChI=1S/C28H20N2/c1-2-12-24-23(11-1)27(17-15-21-9-5-7-19-29-21)25-13-3-4-14-26(25)28(24)18-16-22-10-6-8-20-30-22/h1-20H/b17-15+,18-16+. The molecule has 0 fully saturated rings. The van der Waals surface area contributed by atoms with Crippen LogP contribution < -0.4 is 0 Å². The predicted octanol–water partition coefficient (Wildman–Crippen LogP) is 7.12. The third-order valence-electron chi connectivity index (χ3n) is 5.23. The molecule has 0 aliphatic carbocycles. The maximum absolute atomic E-state index is 4.43. The summed E-state index contributed by atoms with van der Waals surface area (Å²) in [6.45, 7) is 0. The van der Waals surface area contributed by atoms with Crippen molar-refractivity contribution < 1.29 is 0 Å². The Labute approximate surface area is 175 Å². The van der Waals surface area contributed by atoms with E-state index in [-0.39, 0.29) is 0 Å². The molecule has 5 rings (SSSR count). The fraction of sp³-hybridized carbons (Fsp3) is 0. The smallest absolute Gasteiger partial charge is 0.0629 e. The molecule has 0 aliphatic rings. The van der Waals surface area contributed by atoms with E-state index in [0.29, 0.717) is 0 Å². The van der Waals surface area contributed by atoms with Gasteiger partial charge in [0.05, 0.1) is 11.4 Å². The van der Waals surface area contributed by atoms with Crippen LogP contribution in [0.3, 0.4) is 0 Å². The van der Waals surface area contributed by atoms with Crippen LogP contribution in [0.15, 0.2) is 97.3 Å². The molecule has 5 aromatic rings. The average molecular weight is 384 g/mol. The molecule has 30 heavy (non-hydrogen) atoms. The number of rotatable bonds is 4. The van der Waals surface area contributed by atoms with Gasteiger partial charge in [0.25, 0.3) is 0 Å². The summed E-state index contributed by atoms with van der Waals surface area (Å²) in [6, 6.07) is 29.1. The van der Waals surface area contributed by atoms with Crippen molar-refractivity contribution in [3.63, 3.8) is 0 Å². The Bertz CT molecular complexity index is 1200. The molecule has 0 atom stereocenters. The van der Waals surface area contributed by atoms with Crippen molar-refractivity contribution in [2.24, 2.45) is 0 Å². The van der Waals surface area contributed by atoms with Gasteiger partial charge in [0, 0.05) is 12.4 Å². The first-order valence-corrected chi connectivity index (χ1v) is 10.0. The van der Waals surface area contributed by atoms with Crippen molar-refractivity contribution >= 4 is 45.8 Å². The highest BCUT2D eigenvalue weighted by molar-refractivity contribution is 6.14. The molecule has 2 heteroatoms. The molecule has 3 aromatic carbocycles. The zero-order chi connectivity index (χ0) is 20.2. The average Bonchev–Trinajstić information content (AvgIpc) is 2.82. The van der Waals surface area contributed by atoms with Crippen molar-refractivity contribution in [1.82, 2.24) is 9.97 Å². The van der Waals surface area contributed by atoms with Crippen molar-refractivity contribution in [1.29, 1.82) is 0 Å². The highest BCUT2D eigenvalue weighted by Crippen LogP contribution is 2.35. The summed E-state index contributed by atoms with van der Waals surface area (Å²) in [5.74, 6) is 0. The van der Waals surface area contributed by atoms with Crippen LogP contribution in [-0.4, -0.2) is 9.97 Å². The first-order valence-electron chi connectivity index (χ1n) is 10.0. The van der Waals surface area contributed by atoms with Gasteiger partial charge in [-0.15, -0.1) is 0 Å². The van der Waals surface area contributed by atoms with Crippen LogP contribution in [0.25, 0.3) is 45.8 Å². The molecule has 0 N–H and O–H groups in total. The van der Waals surface area contributed by atoms with Crippen LogP contribution in [0.1, 0.15) is 22.5 Å². The van der Waals surface area contributed by atoms with E-state index in [1.807, 2.05) is 48.8 Å². The molecule has 142 valence electrons. The third kappa shape index (κ3) is 3.51. The van der Waals surface area contributed by atoms with Crippen LogP contribution in [0.4, 0.5) is 0 Å². The van der Waals surface area contributed by atoms with E-state index < -0.39 is 0 Å². The summed E-state index contributed by atoms with van der Waals surface area (Å²) in [5, 5.41) is 4.90. The molecule has 0 spiro atoms. The number of nitrogens with zero attached hydrogens (tertiary/aromatic N) is 2. The Morgan fingerprint density at radius 3 is 1.10 bits per heavy atom. The van der Waals surface area contributed by atoms with Gasteiger partial charge < -0.3 is 0 Å². The van der Waals surface area contributed by atoms with Crippen molar-refractivity contribution in [3.05, 3.63) is 120 Å². The Kier molecular flexibility index (Phi) is 4.89. The molecule has 2 nitrogen and oxygen atoms in total. The van der Waals surface area contributed by atoms with E-state index in [9.17, 15) is 0 Å². The lowest BCUT2D eigenvalue weighted by atomic mass is 9.91. The molecule has 0 saturated heterocycles. The molecule has 2 heterocycles. The Hall–Kier alpha value is -4.04. The van der Waals surface area contributed by atoms with Gasteiger partial charge in [-0.3, -0.25) is 9.97 Å². The van der Waals surface area contributed by atoms with Crippen LogP contribution in [0, 0.1) is 0 Å². The highest BCUT2D eigenvalue weighted by atomic mass is 14.7. The van der Waals surface area contributed by atoms with E-state index in [2.05, 4.69) is 82.8 Å². The summed E-state index contributed by atoms with van der Waals surface area (Å²) in [5.41, 5.74) is 4.32. The molecular formula is C28H20N2. The van der Waals surface area contributed by atoms with Crippen LogP contribution >= 0.6 is 0 Å². The van der Waals surface area contributed by atoms with E-state index in [1.54, 1.807) is 0 Å². The summed E-state index contributed by atoms with van der Waals surface area (Å²) in [6.07, 6.45) is 12.2. The fourth-order valence-corrected chi connectivity index (χ4v) is 3.84. The Balaban J connectivity index is 1.74. The largest absolute Gasteiger partial charge is 0.257 e. The first-order chi connectivity index (χ1) is 14.9. The molecule has 0 aliphatic heterocycles. The number of pyridine rings is 2. The Morgan fingerprint density at radius 1 is 0.400 bits per heavy atom. The summed E-state index contributed by atoms with van der Waals surface area (Å²) >= 11 is 0. The van der Waals surface area contributed by atoms with Gasteiger partial charge in [-0.05, 0) is 69.1 Å². The quantitative estimate of drug-likeness (QED) is 0.308. The second-order valence-electron chi connectivity index (χ2n) is 7.09. The number of aromatic nitrogens is 2. The minimum Gasteiger partial charge on any atom is -0.257 e. The first kappa shape index (κ1) is 18.0. The van der Waals surface area contributed by atoms with E-state index >= 15 is 0 Å². The van der Waals surface area contributed by atoms with Crippen molar-refractivity contribution in [2.45, 2.75) is 0 Å². The van der Waals surface area contributed by atoms with Gasteiger partial charge in [0.2, 0.25) is 0 Å². The zero-order valence-corrected chi connectivity index (χ0v) is 16.4. The minimum atomic E-state index is 0.949. The maximum atomic E-state index is 4.43. The second-order valence-corrected chi connectivity index (χ2v) is 7.09. The lowest BCUT2D eigenvalue weighted by Crippen LogP contribution is -1.89. The number of benzene rings is 3. The highest BCUT2D eigenvalue weighted by Gasteiger charge is 2.10. The van der Waals surface area contributed by atoms with Crippen molar-refractivity contribution in [2.75, 3.05) is 0 Å². The van der Waals surface area contributed by atoms with Crippen LogP contribution in [0.2, 0.25) is 0 Å². The topological polar surface area (TPSA) is 25.8 Å². The fourth-order valence-electron chi connectivity index (χ4n) is 3.84. The van der Waals surface area contributed by atoms with E-state index in [0.717, 1.165) is 11.4 Å². The SMILES string of the molecule is C(=C\c1c2ccccc2c(/C=C/c2ccccn2)c2ccccc12)/c1ccccn1. The third-order valence-corrected chi connectivity index (χ3v) is 5.23. The minimum absolute atomic E-state index is 0.949. The summed E-state index contributed by atoms with van der Waals surface area (Å²) in [4.78, 5) is 8.86. The molecule has 0 unspecified atom stereocenters. The maximum Gasteiger partial charge on any atom is 0.0629 e. The number of hydrogen-bond acceptors (Lipinski definition) is 2. The van der Waals surface area contributed by atoms with Gasteiger partial charge in [-0.1, -0.05) is 72.8 Å². The van der Waals surface area contributed by atoms with Gasteiger partial charge in [-0.25, -0.2) is 0 Å². The Morgan fingerprint density at radius 2 is 0.767 bits per heavy atom. The van der Waals surface area contributed by atoms with Crippen LogP contribution in [-0.2, 0) is 0 Å². The number of hydrogen-bond donors (Lipinski definition) is 0. The lowest BCUT2D eigenvalue weighted by Gasteiger charge is -2.13. The van der Waals surface area contributed by atoms with Crippen molar-refractivity contribution in [3.8, 4) is 0 Å². The normalized spacial score (nSPS) is 11.7. The van der Waals surface area contributed by atoms with E-state index in [1.165, 1.54) is 32.7 Å². The van der Waals surface area contributed by atoms with E-state index in [4.69, 9.17) is 0 Å².